The highest BCUT2D eigenvalue weighted by atomic mass is 35.5. The zero-order valence-electron chi connectivity index (χ0n) is 18.1. The first-order chi connectivity index (χ1) is 15.9. The largest absolute Gasteiger partial charge is 0.465 e. The van der Waals surface area contributed by atoms with Crippen LogP contribution in [-0.2, 0) is 19.7 Å². The number of fused-ring (bicyclic) bond motifs is 3. The summed E-state index contributed by atoms with van der Waals surface area (Å²) in [6.07, 6.45) is 2.55. The van der Waals surface area contributed by atoms with Gasteiger partial charge in [0.15, 0.2) is 0 Å². The van der Waals surface area contributed by atoms with Gasteiger partial charge in [-0.25, -0.2) is 0 Å². The number of rotatable bonds is 4. The van der Waals surface area contributed by atoms with Crippen LogP contribution in [0.1, 0.15) is 35.7 Å². The van der Waals surface area contributed by atoms with E-state index in [0.29, 0.717) is 42.2 Å². The Balaban J connectivity index is 1.40. The molecule has 1 spiro atoms. The van der Waals surface area contributed by atoms with Gasteiger partial charge in [-0.2, -0.15) is 5.10 Å². The summed E-state index contributed by atoms with van der Waals surface area (Å²) in [6, 6.07) is 10.8. The lowest BCUT2D eigenvalue weighted by Crippen LogP contribution is -2.50. The number of nitrogens with zero attached hydrogens (tertiary/aromatic N) is 3. The molecule has 1 saturated heterocycles. The van der Waals surface area contributed by atoms with Crippen LogP contribution in [0.2, 0.25) is 5.02 Å². The molecule has 0 bridgehead atoms. The van der Waals surface area contributed by atoms with Crippen molar-refractivity contribution < 1.29 is 19.1 Å². The highest BCUT2D eigenvalue weighted by Crippen LogP contribution is 2.50. The molecule has 2 amide bonds. The Hall–Kier alpha value is -3.39. The number of amides is 2. The van der Waals surface area contributed by atoms with Gasteiger partial charge >= 0.3 is 5.97 Å². The fraction of sp³-hybridized carbons (Fsp3) is 0.333. The summed E-state index contributed by atoms with van der Waals surface area (Å²) in [6.45, 7) is 2.64. The fourth-order valence-corrected chi connectivity index (χ4v) is 5.34. The van der Waals surface area contributed by atoms with E-state index in [-0.39, 0.29) is 25.0 Å². The number of nitrogens with one attached hydrogen (secondary N) is 1. The van der Waals surface area contributed by atoms with Crippen LogP contribution in [0.4, 0.5) is 5.69 Å². The predicted molar refractivity (Wildman–Crippen MR) is 123 cm³/mol. The molecular formula is C24H23ClN4O4. The fourth-order valence-electron chi connectivity index (χ4n) is 4.99. The van der Waals surface area contributed by atoms with Crippen LogP contribution in [-0.4, -0.2) is 59.1 Å². The lowest BCUT2D eigenvalue weighted by Gasteiger charge is -2.38. The Morgan fingerprint density at radius 3 is 2.76 bits per heavy atom. The molecule has 8 nitrogen and oxygen atoms in total. The zero-order valence-corrected chi connectivity index (χ0v) is 18.9. The minimum absolute atomic E-state index is 0.0823. The van der Waals surface area contributed by atoms with E-state index in [9.17, 15) is 14.4 Å². The van der Waals surface area contributed by atoms with Crippen molar-refractivity contribution in [2.24, 2.45) is 0 Å². The molecule has 3 aromatic rings. The molecule has 0 saturated carbocycles. The molecule has 5 rings (SSSR count). The number of esters is 1. The van der Waals surface area contributed by atoms with Crippen molar-refractivity contribution >= 4 is 46.0 Å². The molecule has 170 valence electrons. The minimum atomic E-state index is -0.856. The van der Waals surface area contributed by atoms with Gasteiger partial charge in [-0.15, -0.1) is 0 Å². The van der Waals surface area contributed by atoms with E-state index >= 15 is 0 Å². The van der Waals surface area contributed by atoms with Crippen LogP contribution in [0.25, 0.3) is 10.9 Å². The second kappa shape index (κ2) is 8.19. The van der Waals surface area contributed by atoms with Crippen LogP contribution in [0.15, 0.2) is 42.6 Å². The number of hydrogen-bond acceptors (Lipinski definition) is 5. The van der Waals surface area contributed by atoms with E-state index in [1.807, 2.05) is 18.2 Å². The number of anilines is 1. The standard InChI is InChI=1S/C24H23ClN4O4/c1-2-33-20(30)14-29-19-5-3-4-17(25)21(19)24(23(29)32)8-10-28(11-9-24)22(31)15-6-7-18-16(12-15)13-26-27-18/h3-7,12-13H,2,8-11,14H2,1H3,(H,26,27). The van der Waals surface area contributed by atoms with Gasteiger partial charge in [0, 0.05) is 34.6 Å². The van der Waals surface area contributed by atoms with Crippen molar-refractivity contribution in [1.29, 1.82) is 0 Å². The van der Waals surface area contributed by atoms with Gasteiger partial charge in [-0.05, 0) is 50.1 Å². The maximum Gasteiger partial charge on any atom is 0.326 e. The number of piperidine rings is 1. The van der Waals surface area contributed by atoms with Crippen LogP contribution in [0.5, 0.6) is 0 Å². The normalized spacial score (nSPS) is 17.0. The SMILES string of the molecule is CCOC(=O)CN1C(=O)C2(CCN(C(=O)c3ccc4[nH]ncc4c3)CC2)c2c(Cl)cccc21. The van der Waals surface area contributed by atoms with E-state index in [4.69, 9.17) is 16.3 Å². The topological polar surface area (TPSA) is 95.6 Å². The van der Waals surface area contributed by atoms with Crippen molar-refractivity contribution in [3.8, 4) is 0 Å². The van der Waals surface area contributed by atoms with E-state index in [0.717, 1.165) is 16.5 Å². The van der Waals surface area contributed by atoms with Crippen molar-refractivity contribution in [2.75, 3.05) is 31.1 Å². The monoisotopic (exact) mass is 466 g/mol. The molecule has 1 fully saturated rings. The Kier molecular flexibility index (Phi) is 5.32. The van der Waals surface area contributed by atoms with Gasteiger partial charge in [0.25, 0.3) is 5.91 Å². The Labute approximate surface area is 195 Å². The minimum Gasteiger partial charge on any atom is -0.465 e. The number of aromatic amines is 1. The van der Waals surface area contributed by atoms with Crippen molar-refractivity contribution in [3.63, 3.8) is 0 Å². The van der Waals surface area contributed by atoms with Crippen molar-refractivity contribution in [2.45, 2.75) is 25.2 Å². The van der Waals surface area contributed by atoms with Gasteiger partial charge in [-0.1, -0.05) is 17.7 Å². The lowest BCUT2D eigenvalue weighted by molar-refractivity contribution is -0.142. The highest BCUT2D eigenvalue weighted by Gasteiger charge is 2.54. The number of halogens is 1. The predicted octanol–water partition coefficient (Wildman–Crippen LogP) is 3.30. The molecule has 2 aliphatic heterocycles. The summed E-state index contributed by atoms with van der Waals surface area (Å²) in [4.78, 5) is 42.2. The molecule has 1 N–H and O–H groups in total. The van der Waals surface area contributed by atoms with E-state index < -0.39 is 11.4 Å². The molecule has 0 radical (unpaired) electrons. The molecule has 33 heavy (non-hydrogen) atoms. The maximum atomic E-state index is 13.6. The van der Waals surface area contributed by atoms with Crippen LogP contribution in [0.3, 0.4) is 0 Å². The summed E-state index contributed by atoms with van der Waals surface area (Å²) in [5, 5.41) is 8.25. The summed E-state index contributed by atoms with van der Waals surface area (Å²) in [7, 11) is 0. The average Bonchev–Trinajstić information content (AvgIpc) is 3.37. The summed E-state index contributed by atoms with van der Waals surface area (Å²) in [5.74, 6) is -0.706. The molecule has 2 aliphatic rings. The average molecular weight is 467 g/mol. The molecule has 0 unspecified atom stereocenters. The van der Waals surface area contributed by atoms with Crippen LogP contribution >= 0.6 is 11.6 Å². The van der Waals surface area contributed by atoms with Gasteiger partial charge in [0.05, 0.1) is 29.4 Å². The quantitative estimate of drug-likeness (QED) is 0.595. The molecule has 3 heterocycles. The number of ether oxygens (including phenoxy) is 1. The van der Waals surface area contributed by atoms with Crippen LogP contribution in [0, 0.1) is 0 Å². The molecule has 1 aromatic heterocycles. The second-order valence-electron chi connectivity index (χ2n) is 8.38. The van der Waals surface area contributed by atoms with Crippen molar-refractivity contribution in [3.05, 3.63) is 58.7 Å². The maximum absolute atomic E-state index is 13.6. The number of carbonyl (C=O) groups excluding carboxylic acids is 3. The van der Waals surface area contributed by atoms with E-state index in [2.05, 4.69) is 10.2 Å². The molecule has 2 aromatic carbocycles. The first-order valence-electron chi connectivity index (χ1n) is 10.9. The van der Waals surface area contributed by atoms with Crippen LogP contribution < -0.4 is 4.90 Å². The van der Waals surface area contributed by atoms with Gasteiger partial charge in [-0.3, -0.25) is 19.5 Å². The Morgan fingerprint density at radius 2 is 2.00 bits per heavy atom. The molecule has 0 aliphatic carbocycles. The zero-order chi connectivity index (χ0) is 23.2. The molecular weight excluding hydrogens is 444 g/mol. The third kappa shape index (κ3) is 3.45. The van der Waals surface area contributed by atoms with Gasteiger partial charge in [0.2, 0.25) is 5.91 Å². The Morgan fingerprint density at radius 1 is 1.21 bits per heavy atom. The smallest absolute Gasteiger partial charge is 0.326 e. The Bertz CT molecular complexity index is 1260. The second-order valence-corrected chi connectivity index (χ2v) is 8.78. The third-order valence-electron chi connectivity index (χ3n) is 6.60. The number of aromatic nitrogens is 2. The first kappa shape index (κ1) is 21.5. The van der Waals surface area contributed by atoms with Crippen molar-refractivity contribution in [1.82, 2.24) is 15.1 Å². The summed E-state index contributed by atoms with van der Waals surface area (Å²) >= 11 is 6.58. The number of H-pyrrole nitrogens is 1. The third-order valence-corrected chi connectivity index (χ3v) is 6.91. The van der Waals surface area contributed by atoms with Gasteiger partial charge in [0.1, 0.15) is 6.54 Å². The number of benzene rings is 2. The van der Waals surface area contributed by atoms with E-state index in [1.165, 1.54) is 4.90 Å². The molecule has 9 heteroatoms. The number of likely N-dealkylation sites (tertiary alicyclic amines) is 1. The lowest BCUT2D eigenvalue weighted by atomic mass is 9.73. The summed E-state index contributed by atoms with van der Waals surface area (Å²) in [5.41, 5.74) is 1.98. The van der Waals surface area contributed by atoms with Gasteiger partial charge < -0.3 is 14.5 Å². The number of carbonyl (C=O) groups is 3. The first-order valence-corrected chi connectivity index (χ1v) is 11.3. The van der Waals surface area contributed by atoms with E-state index in [1.54, 1.807) is 36.2 Å². The molecule has 0 atom stereocenters. The summed E-state index contributed by atoms with van der Waals surface area (Å²) < 4.78 is 5.07. The highest BCUT2D eigenvalue weighted by molar-refractivity contribution is 6.33. The number of hydrogen-bond donors (Lipinski definition) is 1.